The molecule has 0 aliphatic heterocycles. The molecule has 0 bridgehead atoms. The van der Waals surface area contributed by atoms with E-state index in [0.29, 0.717) is 0 Å². The van der Waals surface area contributed by atoms with Gasteiger partial charge in [-0.05, 0) is 23.3 Å². The average molecular weight is 272 g/mol. The first kappa shape index (κ1) is 14.2. The highest BCUT2D eigenvalue weighted by molar-refractivity contribution is 5.88. The van der Waals surface area contributed by atoms with Gasteiger partial charge in [-0.25, -0.2) is 4.79 Å². The standard InChI is InChI=1S/C16H16O4/c1-19-16(20-2)14-6-4-3-5-13(14)11-7-9-12(10-8-11)15(17)18/h3-10,16H,1-2H3,(H,17,18). The predicted octanol–water partition coefficient (Wildman–Crippen LogP) is 3.34. The number of hydrogen-bond donors (Lipinski definition) is 1. The van der Waals surface area contributed by atoms with Crippen LogP contribution in [0.25, 0.3) is 11.1 Å². The van der Waals surface area contributed by atoms with Crippen LogP contribution in [-0.4, -0.2) is 25.3 Å². The summed E-state index contributed by atoms with van der Waals surface area (Å²) in [6.45, 7) is 0. The van der Waals surface area contributed by atoms with Crippen LogP contribution in [0.15, 0.2) is 48.5 Å². The number of carbonyl (C=O) groups is 1. The first-order valence-corrected chi connectivity index (χ1v) is 6.15. The van der Waals surface area contributed by atoms with Crippen LogP contribution in [0, 0.1) is 0 Å². The van der Waals surface area contributed by atoms with Crippen LogP contribution in [0.4, 0.5) is 0 Å². The summed E-state index contributed by atoms with van der Waals surface area (Å²) in [6, 6.07) is 14.5. The number of benzene rings is 2. The molecule has 1 N–H and O–H groups in total. The van der Waals surface area contributed by atoms with Crippen LogP contribution in [-0.2, 0) is 9.47 Å². The number of hydrogen-bond acceptors (Lipinski definition) is 3. The Bertz CT molecular complexity index is 586. The predicted molar refractivity (Wildman–Crippen MR) is 75.6 cm³/mol. The summed E-state index contributed by atoms with van der Waals surface area (Å²) < 4.78 is 10.6. The zero-order valence-electron chi connectivity index (χ0n) is 11.4. The minimum Gasteiger partial charge on any atom is -0.478 e. The molecule has 0 aromatic heterocycles. The number of carboxylic acids is 1. The molecule has 0 unspecified atom stereocenters. The Labute approximate surface area is 117 Å². The number of ether oxygens (including phenoxy) is 2. The van der Waals surface area contributed by atoms with Gasteiger partial charge in [-0.3, -0.25) is 0 Å². The van der Waals surface area contributed by atoms with E-state index in [-0.39, 0.29) is 5.56 Å². The summed E-state index contributed by atoms with van der Waals surface area (Å²) >= 11 is 0. The van der Waals surface area contributed by atoms with Gasteiger partial charge in [-0.2, -0.15) is 0 Å². The minimum atomic E-state index is -0.934. The molecule has 0 aliphatic rings. The van der Waals surface area contributed by atoms with Gasteiger partial charge in [0.2, 0.25) is 0 Å². The first-order valence-electron chi connectivity index (χ1n) is 6.15. The molecule has 0 saturated heterocycles. The molecular weight excluding hydrogens is 256 g/mol. The topological polar surface area (TPSA) is 55.8 Å². The molecule has 2 aromatic rings. The lowest BCUT2D eigenvalue weighted by molar-refractivity contribution is -0.105. The largest absolute Gasteiger partial charge is 0.478 e. The Morgan fingerprint density at radius 2 is 1.60 bits per heavy atom. The van der Waals surface area contributed by atoms with E-state index in [4.69, 9.17) is 14.6 Å². The van der Waals surface area contributed by atoms with Crippen molar-refractivity contribution in [3.8, 4) is 11.1 Å². The summed E-state index contributed by atoms with van der Waals surface area (Å²) in [5.74, 6) is -0.934. The SMILES string of the molecule is COC(OC)c1ccccc1-c1ccc(C(=O)O)cc1. The van der Waals surface area contributed by atoms with Crippen LogP contribution in [0.5, 0.6) is 0 Å². The molecule has 2 aromatic carbocycles. The van der Waals surface area contributed by atoms with Gasteiger partial charge in [0.05, 0.1) is 5.56 Å². The number of carboxylic acid groups (broad SMARTS) is 1. The van der Waals surface area contributed by atoms with Crippen molar-refractivity contribution in [2.75, 3.05) is 14.2 Å². The van der Waals surface area contributed by atoms with Gasteiger partial charge in [0.25, 0.3) is 0 Å². The Morgan fingerprint density at radius 1 is 1.00 bits per heavy atom. The van der Waals surface area contributed by atoms with Crippen LogP contribution >= 0.6 is 0 Å². The maximum Gasteiger partial charge on any atom is 0.335 e. The zero-order chi connectivity index (χ0) is 14.5. The van der Waals surface area contributed by atoms with E-state index in [0.717, 1.165) is 16.7 Å². The van der Waals surface area contributed by atoms with Crippen LogP contribution < -0.4 is 0 Å². The highest BCUT2D eigenvalue weighted by Crippen LogP contribution is 2.30. The molecule has 0 amide bonds. The van der Waals surface area contributed by atoms with Gasteiger partial charge in [0.1, 0.15) is 0 Å². The molecule has 4 heteroatoms. The Hall–Kier alpha value is -2.17. The molecule has 0 radical (unpaired) electrons. The van der Waals surface area contributed by atoms with E-state index >= 15 is 0 Å². The molecule has 104 valence electrons. The zero-order valence-corrected chi connectivity index (χ0v) is 11.4. The van der Waals surface area contributed by atoms with E-state index in [9.17, 15) is 4.79 Å². The lowest BCUT2D eigenvalue weighted by Gasteiger charge is -2.17. The molecule has 0 atom stereocenters. The van der Waals surface area contributed by atoms with Crippen molar-refractivity contribution in [1.29, 1.82) is 0 Å². The van der Waals surface area contributed by atoms with E-state index in [1.54, 1.807) is 38.5 Å². The first-order chi connectivity index (χ1) is 9.67. The van der Waals surface area contributed by atoms with Crippen molar-refractivity contribution in [3.05, 3.63) is 59.7 Å². The molecule has 4 nitrogen and oxygen atoms in total. The quantitative estimate of drug-likeness (QED) is 0.848. The maximum absolute atomic E-state index is 10.9. The Morgan fingerprint density at radius 3 is 2.15 bits per heavy atom. The summed E-state index contributed by atoms with van der Waals surface area (Å²) in [5.41, 5.74) is 3.05. The van der Waals surface area contributed by atoms with Crippen LogP contribution in [0.3, 0.4) is 0 Å². The highest BCUT2D eigenvalue weighted by atomic mass is 16.7. The fourth-order valence-corrected chi connectivity index (χ4v) is 2.11. The van der Waals surface area contributed by atoms with Gasteiger partial charge in [-0.15, -0.1) is 0 Å². The highest BCUT2D eigenvalue weighted by Gasteiger charge is 2.14. The smallest absolute Gasteiger partial charge is 0.335 e. The molecule has 0 spiro atoms. The lowest BCUT2D eigenvalue weighted by atomic mass is 9.98. The van der Waals surface area contributed by atoms with Gasteiger partial charge >= 0.3 is 5.97 Å². The molecular formula is C16H16O4. The summed E-state index contributed by atoms with van der Waals surface area (Å²) in [6.07, 6.45) is -0.453. The fraction of sp³-hybridized carbons (Fsp3) is 0.188. The molecule has 0 aliphatic carbocycles. The number of rotatable bonds is 5. The van der Waals surface area contributed by atoms with Crippen molar-refractivity contribution >= 4 is 5.97 Å². The Kier molecular flexibility index (Phi) is 4.50. The third-order valence-electron chi connectivity index (χ3n) is 3.09. The third-order valence-corrected chi connectivity index (χ3v) is 3.09. The second kappa shape index (κ2) is 6.32. The second-order valence-corrected chi connectivity index (χ2v) is 4.27. The van der Waals surface area contributed by atoms with E-state index in [1.807, 2.05) is 24.3 Å². The van der Waals surface area contributed by atoms with Crippen molar-refractivity contribution < 1.29 is 19.4 Å². The number of methoxy groups -OCH3 is 2. The number of aromatic carboxylic acids is 1. The van der Waals surface area contributed by atoms with Crippen molar-refractivity contribution in [3.63, 3.8) is 0 Å². The minimum absolute atomic E-state index is 0.265. The van der Waals surface area contributed by atoms with Gasteiger partial charge in [-0.1, -0.05) is 36.4 Å². The summed E-state index contributed by atoms with van der Waals surface area (Å²) in [5, 5.41) is 8.93. The second-order valence-electron chi connectivity index (χ2n) is 4.27. The van der Waals surface area contributed by atoms with Gasteiger partial charge in [0, 0.05) is 19.8 Å². The van der Waals surface area contributed by atoms with E-state index in [2.05, 4.69) is 0 Å². The average Bonchev–Trinajstić information content (AvgIpc) is 2.49. The van der Waals surface area contributed by atoms with Crippen LogP contribution in [0.1, 0.15) is 22.2 Å². The molecule has 0 fully saturated rings. The van der Waals surface area contributed by atoms with Crippen molar-refractivity contribution in [2.24, 2.45) is 0 Å². The molecule has 0 heterocycles. The van der Waals surface area contributed by atoms with Gasteiger partial charge < -0.3 is 14.6 Å². The van der Waals surface area contributed by atoms with Crippen molar-refractivity contribution in [2.45, 2.75) is 6.29 Å². The summed E-state index contributed by atoms with van der Waals surface area (Å²) in [7, 11) is 3.16. The summed E-state index contributed by atoms with van der Waals surface area (Å²) in [4.78, 5) is 10.9. The van der Waals surface area contributed by atoms with E-state index < -0.39 is 12.3 Å². The maximum atomic E-state index is 10.9. The molecule has 2 rings (SSSR count). The fourth-order valence-electron chi connectivity index (χ4n) is 2.11. The van der Waals surface area contributed by atoms with Gasteiger partial charge in [0.15, 0.2) is 6.29 Å². The van der Waals surface area contributed by atoms with E-state index in [1.165, 1.54) is 0 Å². The normalized spacial score (nSPS) is 10.8. The molecule has 0 saturated carbocycles. The molecule has 20 heavy (non-hydrogen) atoms. The Balaban J connectivity index is 2.44. The van der Waals surface area contributed by atoms with Crippen molar-refractivity contribution in [1.82, 2.24) is 0 Å². The third kappa shape index (κ3) is 2.87. The van der Waals surface area contributed by atoms with Crippen LogP contribution in [0.2, 0.25) is 0 Å². The monoisotopic (exact) mass is 272 g/mol. The lowest BCUT2D eigenvalue weighted by Crippen LogP contribution is -2.05.